The predicted molar refractivity (Wildman–Crippen MR) is 111 cm³/mol. The Morgan fingerprint density at radius 1 is 0.897 bits per heavy atom. The first kappa shape index (κ1) is 19.8. The van der Waals surface area contributed by atoms with Crippen LogP contribution in [-0.2, 0) is 16.6 Å². The van der Waals surface area contributed by atoms with Gasteiger partial charge < -0.3 is 5.11 Å². The van der Waals surface area contributed by atoms with Crippen molar-refractivity contribution in [3.8, 4) is 5.75 Å². The molecule has 1 aliphatic heterocycles. The zero-order valence-corrected chi connectivity index (χ0v) is 16.8. The summed E-state index contributed by atoms with van der Waals surface area (Å²) in [5, 5.41) is 12.5. The number of rotatable bonds is 4. The Labute approximate surface area is 170 Å². The number of hydrogen-bond acceptors (Lipinski definition) is 4. The lowest BCUT2D eigenvalue weighted by molar-refractivity contribution is 0.275. The fourth-order valence-corrected chi connectivity index (χ4v) is 5.29. The van der Waals surface area contributed by atoms with Crippen molar-refractivity contribution in [1.82, 2.24) is 9.21 Å². The van der Waals surface area contributed by atoms with Crippen LogP contribution in [0.4, 0.5) is 4.39 Å². The molecule has 0 unspecified atom stereocenters. The second kappa shape index (κ2) is 8.10. The van der Waals surface area contributed by atoms with Crippen LogP contribution in [0.15, 0.2) is 65.6 Å². The molecule has 0 aliphatic carbocycles. The van der Waals surface area contributed by atoms with E-state index in [1.807, 2.05) is 30.3 Å². The van der Waals surface area contributed by atoms with Gasteiger partial charge in [0.15, 0.2) is 0 Å². The molecule has 3 aromatic carbocycles. The first-order valence-electron chi connectivity index (χ1n) is 9.63. The van der Waals surface area contributed by atoms with Gasteiger partial charge in [0.05, 0.1) is 4.90 Å². The van der Waals surface area contributed by atoms with Crippen molar-refractivity contribution >= 4 is 20.8 Å². The molecule has 1 fully saturated rings. The fourth-order valence-electron chi connectivity index (χ4n) is 3.82. The van der Waals surface area contributed by atoms with E-state index in [0.717, 1.165) is 22.9 Å². The van der Waals surface area contributed by atoms with Crippen LogP contribution in [0.3, 0.4) is 0 Å². The minimum Gasteiger partial charge on any atom is -0.508 e. The van der Waals surface area contributed by atoms with Gasteiger partial charge in [0.25, 0.3) is 0 Å². The molecule has 7 heteroatoms. The van der Waals surface area contributed by atoms with E-state index >= 15 is 0 Å². The zero-order chi connectivity index (χ0) is 20.4. The minimum absolute atomic E-state index is 0.110. The van der Waals surface area contributed by atoms with Crippen LogP contribution < -0.4 is 0 Å². The Hall–Kier alpha value is -2.48. The fraction of sp³-hybridized carbons (Fsp3) is 0.273. The molecule has 3 aromatic rings. The van der Waals surface area contributed by atoms with E-state index < -0.39 is 15.8 Å². The lowest BCUT2D eigenvalue weighted by Crippen LogP contribution is -2.35. The van der Waals surface area contributed by atoms with Gasteiger partial charge in [-0.3, -0.25) is 4.90 Å². The van der Waals surface area contributed by atoms with Crippen LogP contribution in [0, 0.1) is 5.82 Å². The third-order valence-corrected chi connectivity index (χ3v) is 7.31. The van der Waals surface area contributed by atoms with E-state index in [2.05, 4.69) is 4.90 Å². The lowest BCUT2D eigenvalue weighted by Gasteiger charge is -2.23. The maximum absolute atomic E-state index is 13.1. The molecule has 1 saturated heterocycles. The molecular weight excluding hydrogens is 391 g/mol. The first-order valence-corrected chi connectivity index (χ1v) is 11.1. The number of aromatic hydroxyl groups is 1. The molecule has 29 heavy (non-hydrogen) atoms. The van der Waals surface area contributed by atoms with Crippen molar-refractivity contribution in [3.63, 3.8) is 0 Å². The van der Waals surface area contributed by atoms with Crippen LogP contribution in [-0.4, -0.2) is 48.9 Å². The highest BCUT2D eigenvalue weighted by Gasteiger charge is 2.27. The number of sulfonamides is 1. The van der Waals surface area contributed by atoms with E-state index in [4.69, 9.17) is 0 Å². The van der Waals surface area contributed by atoms with Gasteiger partial charge >= 0.3 is 0 Å². The summed E-state index contributed by atoms with van der Waals surface area (Å²) < 4.78 is 40.4. The molecule has 0 radical (unpaired) electrons. The van der Waals surface area contributed by atoms with E-state index in [1.54, 1.807) is 6.07 Å². The Bertz CT molecular complexity index is 1120. The summed E-state index contributed by atoms with van der Waals surface area (Å²) in [6.45, 7) is 2.61. The highest BCUT2D eigenvalue weighted by Crippen LogP contribution is 2.29. The summed E-state index contributed by atoms with van der Waals surface area (Å²) in [6.07, 6.45) is 0.686. The number of hydrogen-bond donors (Lipinski definition) is 1. The van der Waals surface area contributed by atoms with Gasteiger partial charge in [0, 0.05) is 31.7 Å². The topological polar surface area (TPSA) is 60.9 Å². The van der Waals surface area contributed by atoms with Gasteiger partial charge in [-0.2, -0.15) is 4.31 Å². The van der Waals surface area contributed by atoms with Gasteiger partial charge in [0.1, 0.15) is 11.6 Å². The largest absolute Gasteiger partial charge is 0.508 e. The van der Waals surface area contributed by atoms with E-state index in [0.29, 0.717) is 32.6 Å². The smallest absolute Gasteiger partial charge is 0.243 e. The number of halogens is 1. The minimum atomic E-state index is -3.65. The normalized spacial score (nSPS) is 16.7. The zero-order valence-electron chi connectivity index (χ0n) is 16.0. The molecule has 0 saturated carbocycles. The van der Waals surface area contributed by atoms with Crippen molar-refractivity contribution in [2.24, 2.45) is 0 Å². The summed E-state index contributed by atoms with van der Waals surface area (Å²) in [4.78, 5) is 2.28. The van der Waals surface area contributed by atoms with Crippen molar-refractivity contribution in [2.75, 3.05) is 26.2 Å². The van der Waals surface area contributed by atoms with Crippen molar-refractivity contribution in [3.05, 3.63) is 72.0 Å². The van der Waals surface area contributed by atoms with Crippen LogP contribution in [0.1, 0.15) is 12.0 Å². The summed E-state index contributed by atoms with van der Waals surface area (Å²) in [5.74, 6) is -0.204. The van der Waals surface area contributed by atoms with Gasteiger partial charge in [0.2, 0.25) is 10.0 Å². The van der Waals surface area contributed by atoms with Gasteiger partial charge in [-0.15, -0.1) is 0 Å². The number of fused-ring (bicyclic) bond motifs is 1. The third-order valence-electron chi connectivity index (χ3n) is 5.40. The highest BCUT2D eigenvalue weighted by atomic mass is 32.2. The average molecular weight is 415 g/mol. The van der Waals surface area contributed by atoms with Crippen molar-refractivity contribution < 1.29 is 17.9 Å². The molecular formula is C22H23FN2O3S. The Balaban J connectivity index is 1.51. The van der Waals surface area contributed by atoms with Crippen molar-refractivity contribution in [1.29, 1.82) is 0 Å². The summed E-state index contributed by atoms with van der Waals surface area (Å²) >= 11 is 0. The van der Waals surface area contributed by atoms with Gasteiger partial charge in [-0.05, 0) is 54.1 Å². The Morgan fingerprint density at radius 3 is 2.45 bits per heavy atom. The number of nitrogens with zero attached hydrogens (tertiary/aromatic N) is 2. The summed E-state index contributed by atoms with van der Waals surface area (Å²) in [5.41, 5.74) is 0.859. The molecule has 4 rings (SSSR count). The molecule has 5 nitrogen and oxygen atoms in total. The standard InChI is InChI=1S/C22H23FN2O3S/c23-18-7-9-19(10-8-18)29(27,28)25-13-3-12-24(14-15-25)16-21-20-5-2-1-4-17(20)6-11-22(21)26/h1-2,4-11,26H,3,12-16H2. The third kappa shape index (κ3) is 4.12. The summed E-state index contributed by atoms with van der Waals surface area (Å²) in [7, 11) is -3.65. The number of phenolic OH excluding ortho intramolecular Hbond substituents is 1. The van der Waals surface area contributed by atoms with E-state index in [9.17, 15) is 17.9 Å². The highest BCUT2D eigenvalue weighted by molar-refractivity contribution is 7.89. The molecule has 0 aromatic heterocycles. The molecule has 1 N–H and O–H groups in total. The van der Waals surface area contributed by atoms with E-state index in [-0.39, 0.29) is 10.6 Å². The maximum atomic E-state index is 13.1. The van der Waals surface area contributed by atoms with Crippen LogP contribution >= 0.6 is 0 Å². The summed E-state index contributed by atoms with van der Waals surface area (Å²) in [6, 6.07) is 16.5. The van der Waals surface area contributed by atoms with E-state index in [1.165, 1.54) is 28.6 Å². The average Bonchev–Trinajstić information content (AvgIpc) is 2.97. The Kier molecular flexibility index (Phi) is 5.54. The molecule has 1 heterocycles. The van der Waals surface area contributed by atoms with Crippen molar-refractivity contribution in [2.45, 2.75) is 17.9 Å². The molecule has 0 amide bonds. The number of phenols is 1. The van der Waals surface area contributed by atoms with Crippen LogP contribution in [0.5, 0.6) is 5.75 Å². The van der Waals surface area contributed by atoms with Gasteiger partial charge in [-0.25, -0.2) is 12.8 Å². The Morgan fingerprint density at radius 2 is 1.66 bits per heavy atom. The predicted octanol–water partition coefficient (Wildman–Crippen LogP) is 3.58. The van der Waals surface area contributed by atoms with Crippen LogP contribution in [0.2, 0.25) is 0 Å². The van der Waals surface area contributed by atoms with Gasteiger partial charge in [-0.1, -0.05) is 30.3 Å². The molecule has 0 atom stereocenters. The first-order chi connectivity index (χ1) is 13.9. The second-order valence-corrected chi connectivity index (χ2v) is 9.21. The number of benzene rings is 3. The molecule has 0 bridgehead atoms. The second-order valence-electron chi connectivity index (χ2n) is 7.27. The van der Waals surface area contributed by atoms with Crippen LogP contribution in [0.25, 0.3) is 10.8 Å². The lowest BCUT2D eigenvalue weighted by atomic mass is 10.0. The SMILES string of the molecule is O=S(=O)(c1ccc(F)cc1)N1CCCN(Cc2c(O)ccc3ccccc23)CC1. The maximum Gasteiger partial charge on any atom is 0.243 e. The molecule has 1 aliphatic rings. The quantitative estimate of drug-likeness (QED) is 0.709. The molecule has 152 valence electrons. The monoisotopic (exact) mass is 414 g/mol. The molecule has 0 spiro atoms.